The van der Waals surface area contributed by atoms with Crippen molar-refractivity contribution >= 4 is 17.4 Å². The van der Waals surface area contributed by atoms with Gasteiger partial charge in [0, 0.05) is 0 Å². The normalized spacial score (nSPS) is 9.22. The molecule has 3 heteroatoms. The van der Waals surface area contributed by atoms with Gasteiger partial charge < -0.3 is 0 Å². The van der Waals surface area contributed by atoms with Crippen molar-refractivity contribution in [3.05, 3.63) is 0 Å². The lowest BCUT2D eigenvalue weighted by atomic mass is 10.6. The summed E-state index contributed by atoms with van der Waals surface area (Å²) in [5.41, 5.74) is 0. The number of thiocarbonyl (C=S) groups is 1. The van der Waals surface area contributed by atoms with Crippen molar-refractivity contribution in [2.45, 2.75) is 13.8 Å². The molecule has 0 fully saturated rings. The van der Waals surface area contributed by atoms with E-state index in [4.69, 9.17) is 0 Å². The van der Waals surface area contributed by atoms with Crippen molar-refractivity contribution in [3.8, 4) is 0 Å². The van der Waals surface area contributed by atoms with Gasteiger partial charge in [-0.25, -0.2) is 4.99 Å². The first-order chi connectivity index (χ1) is 4.35. The maximum atomic E-state index is 4.42. The number of isothiocyanates is 1. The van der Waals surface area contributed by atoms with Gasteiger partial charge in [0.2, 0.25) is 0 Å². The van der Waals surface area contributed by atoms with E-state index in [1.165, 1.54) is 0 Å². The molecular formula is C6H12N2S. The lowest BCUT2D eigenvalue weighted by Gasteiger charge is -2.12. The number of nitrogens with zero attached hydrogens (tertiary/aromatic N) is 2. The smallest absolute Gasteiger partial charge is 0.101 e. The number of aliphatic imine (C=N–C) groups is 1. The van der Waals surface area contributed by atoms with Crippen LogP contribution < -0.4 is 0 Å². The first kappa shape index (κ1) is 8.76. The Morgan fingerprint density at radius 2 is 2.00 bits per heavy atom. The van der Waals surface area contributed by atoms with Crippen LogP contribution >= 0.6 is 12.2 Å². The van der Waals surface area contributed by atoms with Crippen molar-refractivity contribution in [2.24, 2.45) is 4.99 Å². The molecule has 0 atom stereocenters. The molecule has 0 heterocycles. The second-order valence-electron chi connectivity index (χ2n) is 1.69. The average Bonchev–Trinajstić information content (AvgIpc) is 1.91. The third-order valence-electron chi connectivity index (χ3n) is 1.23. The van der Waals surface area contributed by atoms with Gasteiger partial charge in [-0.15, -0.1) is 0 Å². The van der Waals surface area contributed by atoms with Crippen molar-refractivity contribution in [1.29, 1.82) is 0 Å². The van der Waals surface area contributed by atoms with Crippen molar-refractivity contribution in [1.82, 2.24) is 4.90 Å². The summed E-state index contributed by atoms with van der Waals surface area (Å²) in [6, 6.07) is 0. The summed E-state index contributed by atoms with van der Waals surface area (Å²) in [5.74, 6) is 0. The van der Waals surface area contributed by atoms with Crippen LogP contribution in [0.25, 0.3) is 0 Å². The van der Waals surface area contributed by atoms with E-state index in [9.17, 15) is 0 Å². The van der Waals surface area contributed by atoms with Gasteiger partial charge in [-0.2, -0.15) is 0 Å². The zero-order chi connectivity index (χ0) is 7.11. The third kappa shape index (κ3) is 4.28. The van der Waals surface area contributed by atoms with Crippen LogP contribution in [0.2, 0.25) is 0 Å². The number of hydrogen-bond acceptors (Lipinski definition) is 3. The molecule has 0 aromatic carbocycles. The summed E-state index contributed by atoms with van der Waals surface area (Å²) in [6.07, 6.45) is 0. The molecule has 0 spiro atoms. The minimum absolute atomic E-state index is 0.691. The molecule has 0 amide bonds. The molecule has 0 aromatic rings. The Labute approximate surface area is 61.6 Å². The molecule has 0 unspecified atom stereocenters. The Morgan fingerprint density at radius 1 is 1.44 bits per heavy atom. The van der Waals surface area contributed by atoms with E-state index in [0.717, 1.165) is 13.1 Å². The molecule has 2 nitrogen and oxygen atoms in total. The largest absolute Gasteiger partial charge is 0.284 e. The monoisotopic (exact) mass is 144 g/mol. The van der Waals surface area contributed by atoms with E-state index in [2.05, 4.69) is 41.1 Å². The highest BCUT2D eigenvalue weighted by Crippen LogP contribution is 1.84. The second-order valence-corrected chi connectivity index (χ2v) is 1.88. The first-order valence-electron chi connectivity index (χ1n) is 3.11. The zero-order valence-electron chi connectivity index (χ0n) is 5.92. The van der Waals surface area contributed by atoms with E-state index in [1.54, 1.807) is 0 Å². The van der Waals surface area contributed by atoms with Crippen LogP contribution in [0.15, 0.2) is 4.99 Å². The summed E-state index contributed by atoms with van der Waals surface area (Å²) in [7, 11) is 0. The molecule has 52 valence electrons. The van der Waals surface area contributed by atoms with Crippen LogP contribution in [-0.2, 0) is 0 Å². The van der Waals surface area contributed by atoms with Gasteiger partial charge in [0.15, 0.2) is 0 Å². The standard InChI is InChI=1S/C6H12N2S/c1-3-8(4-2)5-7-6-9/h3-5H2,1-2H3. The SMILES string of the molecule is CCN(CC)CN=C=S. The van der Waals surface area contributed by atoms with Crippen molar-refractivity contribution < 1.29 is 0 Å². The molecule has 0 saturated heterocycles. The van der Waals surface area contributed by atoms with E-state index in [1.807, 2.05) is 0 Å². The summed E-state index contributed by atoms with van der Waals surface area (Å²) in [5, 5.41) is 2.33. The van der Waals surface area contributed by atoms with Crippen LogP contribution in [-0.4, -0.2) is 29.8 Å². The molecule has 0 N–H and O–H groups in total. The number of rotatable bonds is 4. The van der Waals surface area contributed by atoms with Crippen LogP contribution in [0.3, 0.4) is 0 Å². The Morgan fingerprint density at radius 3 is 2.33 bits per heavy atom. The molecular weight excluding hydrogens is 132 g/mol. The van der Waals surface area contributed by atoms with Gasteiger partial charge in [-0.05, 0) is 25.3 Å². The minimum atomic E-state index is 0.691. The quantitative estimate of drug-likeness (QED) is 0.437. The first-order valence-corrected chi connectivity index (χ1v) is 3.52. The van der Waals surface area contributed by atoms with E-state index < -0.39 is 0 Å². The lowest BCUT2D eigenvalue weighted by Crippen LogP contribution is -2.22. The topological polar surface area (TPSA) is 15.6 Å². The molecule has 9 heavy (non-hydrogen) atoms. The Kier molecular flexibility index (Phi) is 5.73. The maximum absolute atomic E-state index is 4.42. The molecule has 0 bridgehead atoms. The van der Waals surface area contributed by atoms with Crippen LogP contribution in [0.1, 0.15) is 13.8 Å². The molecule has 0 aromatic heterocycles. The van der Waals surface area contributed by atoms with Gasteiger partial charge in [-0.1, -0.05) is 13.8 Å². The van der Waals surface area contributed by atoms with E-state index >= 15 is 0 Å². The molecule has 0 aliphatic rings. The van der Waals surface area contributed by atoms with Gasteiger partial charge in [0.1, 0.15) is 6.67 Å². The van der Waals surface area contributed by atoms with E-state index in [-0.39, 0.29) is 0 Å². The second kappa shape index (κ2) is 5.89. The third-order valence-corrected chi connectivity index (χ3v) is 1.36. The zero-order valence-corrected chi connectivity index (χ0v) is 6.74. The number of hydrogen-bond donors (Lipinski definition) is 0. The van der Waals surface area contributed by atoms with Crippen molar-refractivity contribution in [3.63, 3.8) is 0 Å². The molecule has 0 rings (SSSR count). The van der Waals surface area contributed by atoms with Gasteiger partial charge in [-0.3, -0.25) is 4.90 Å². The predicted molar refractivity (Wildman–Crippen MR) is 42.8 cm³/mol. The Bertz CT molecular complexity index is 104. The van der Waals surface area contributed by atoms with E-state index in [0.29, 0.717) is 6.67 Å². The highest BCUT2D eigenvalue weighted by atomic mass is 32.1. The molecule has 0 aliphatic carbocycles. The summed E-state index contributed by atoms with van der Waals surface area (Å²) < 4.78 is 0. The summed E-state index contributed by atoms with van der Waals surface area (Å²) in [6.45, 7) is 6.94. The van der Waals surface area contributed by atoms with Gasteiger partial charge >= 0.3 is 0 Å². The summed E-state index contributed by atoms with van der Waals surface area (Å²) in [4.78, 5) is 5.97. The Hall–Kier alpha value is -0.240. The van der Waals surface area contributed by atoms with Gasteiger partial charge in [0.05, 0.1) is 5.16 Å². The van der Waals surface area contributed by atoms with Crippen LogP contribution in [0.5, 0.6) is 0 Å². The van der Waals surface area contributed by atoms with Crippen molar-refractivity contribution in [2.75, 3.05) is 19.8 Å². The van der Waals surface area contributed by atoms with Crippen LogP contribution in [0.4, 0.5) is 0 Å². The lowest BCUT2D eigenvalue weighted by molar-refractivity contribution is 0.315. The summed E-state index contributed by atoms with van der Waals surface area (Å²) >= 11 is 4.42. The molecule has 0 aliphatic heterocycles. The maximum Gasteiger partial charge on any atom is 0.101 e. The fourth-order valence-corrected chi connectivity index (χ4v) is 0.610. The fourth-order valence-electron chi connectivity index (χ4n) is 0.552. The predicted octanol–water partition coefficient (Wildman–Crippen LogP) is 1.39. The molecule has 0 radical (unpaired) electrons. The fraction of sp³-hybridized carbons (Fsp3) is 0.833. The van der Waals surface area contributed by atoms with Gasteiger partial charge in [0.25, 0.3) is 0 Å². The molecule has 0 saturated carbocycles. The van der Waals surface area contributed by atoms with Crippen LogP contribution in [0, 0.1) is 0 Å². The minimum Gasteiger partial charge on any atom is -0.284 e. The highest BCUT2D eigenvalue weighted by molar-refractivity contribution is 7.78. The average molecular weight is 144 g/mol. The highest BCUT2D eigenvalue weighted by Gasteiger charge is 1.92. The Balaban J connectivity index is 3.42.